The Balaban J connectivity index is 2.15. The molecule has 0 radical (unpaired) electrons. The Morgan fingerprint density at radius 1 is 1.35 bits per heavy atom. The van der Waals surface area contributed by atoms with E-state index in [1.54, 1.807) is 27.7 Å². The largest absolute Gasteiger partial charge is 0.464 e. The van der Waals surface area contributed by atoms with Gasteiger partial charge >= 0.3 is 12.1 Å². The number of fused-ring (bicyclic) bond motifs is 1. The molecule has 1 heterocycles. The number of hydrogen-bond donors (Lipinski definition) is 1. The summed E-state index contributed by atoms with van der Waals surface area (Å²) in [5.41, 5.74) is -0.954. The molecule has 114 valence electrons. The smallest absolute Gasteiger partial charge is 0.411 e. The summed E-state index contributed by atoms with van der Waals surface area (Å²) in [5.74, 6) is -0.418. The molecule has 1 aliphatic heterocycles. The first-order chi connectivity index (χ1) is 9.24. The Morgan fingerprint density at radius 2 is 2.00 bits per heavy atom. The van der Waals surface area contributed by atoms with Gasteiger partial charge in [0.25, 0.3) is 0 Å². The average molecular weight is 285 g/mol. The summed E-state index contributed by atoms with van der Waals surface area (Å²) in [6, 6.07) is -0.757. The molecule has 1 saturated heterocycles. The molecule has 1 saturated carbocycles. The lowest BCUT2D eigenvalue weighted by Gasteiger charge is -2.29. The van der Waals surface area contributed by atoms with E-state index in [0.717, 1.165) is 6.42 Å². The second-order valence-electron chi connectivity index (χ2n) is 6.60. The fourth-order valence-electron chi connectivity index (χ4n) is 2.88. The Kier molecular flexibility index (Phi) is 3.71. The maximum atomic E-state index is 12.3. The zero-order valence-corrected chi connectivity index (χ0v) is 12.5. The van der Waals surface area contributed by atoms with Crippen LogP contribution in [0.3, 0.4) is 0 Å². The molecule has 1 aliphatic carbocycles. The monoisotopic (exact) mass is 285 g/mol. The first-order valence-corrected chi connectivity index (χ1v) is 7.03. The first kappa shape index (κ1) is 15.1. The van der Waals surface area contributed by atoms with Gasteiger partial charge in [-0.05, 0) is 40.5 Å². The van der Waals surface area contributed by atoms with Crippen LogP contribution in [0.15, 0.2) is 0 Å². The SMILES string of the molecule is CCOC(=O)[C@@H]1C[C@@]2(CO)C[C@@H]2N1C(=O)OC(C)(C)C. The number of aliphatic hydroxyl groups is 1. The van der Waals surface area contributed by atoms with Gasteiger partial charge in [-0.2, -0.15) is 0 Å². The van der Waals surface area contributed by atoms with E-state index >= 15 is 0 Å². The summed E-state index contributed by atoms with van der Waals surface area (Å²) in [6.07, 6.45) is 0.665. The molecule has 6 heteroatoms. The van der Waals surface area contributed by atoms with Crippen LogP contribution in [0.25, 0.3) is 0 Å². The minimum absolute atomic E-state index is 0.0210. The molecule has 0 spiro atoms. The second-order valence-corrected chi connectivity index (χ2v) is 6.60. The molecule has 0 aromatic rings. The molecule has 3 atom stereocenters. The van der Waals surface area contributed by atoms with Gasteiger partial charge < -0.3 is 14.6 Å². The summed E-state index contributed by atoms with van der Waals surface area (Å²) in [4.78, 5) is 25.7. The third-order valence-electron chi connectivity index (χ3n) is 3.90. The van der Waals surface area contributed by atoms with Crippen molar-refractivity contribution in [1.29, 1.82) is 0 Å². The minimum atomic E-state index is -0.643. The molecule has 2 aliphatic rings. The quantitative estimate of drug-likeness (QED) is 0.791. The van der Waals surface area contributed by atoms with Crippen LogP contribution in [0.2, 0.25) is 0 Å². The normalized spacial score (nSPS) is 31.8. The van der Waals surface area contributed by atoms with Crippen molar-refractivity contribution < 1.29 is 24.2 Å². The summed E-state index contributed by atoms with van der Waals surface area (Å²) in [5, 5.41) is 9.50. The molecule has 0 unspecified atom stereocenters. The number of nitrogens with zero attached hydrogens (tertiary/aromatic N) is 1. The molecule has 1 N–H and O–H groups in total. The van der Waals surface area contributed by atoms with Crippen molar-refractivity contribution in [3.8, 4) is 0 Å². The maximum absolute atomic E-state index is 12.3. The van der Waals surface area contributed by atoms with Crippen molar-refractivity contribution in [3.05, 3.63) is 0 Å². The van der Waals surface area contributed by atoms with E-state index in [2.05, 4.69) is 0 Å². The lowest BCUT2D eigenvalue weighted by molar-refractivity contribution is -0.149. The van der Waals surface area contributed by atoms with Gasteiger partial charge in [0.1, 0.15) is 11.6 Å². The second kappa shape index (κ2) is 4.91. The van der Waals surface area contributed by atoms with Gasteiger partial charge in [0.15, 0.2) is 0 Å². The molecule has 0 aromatic heterocycles. The minimum Gasteiger partial charge on any atom is -0.464 e. The van der Waals surface area contributed by atoms with Crippen molar-refractivity contribution in [3.63, 3.8) is 0 Å². The predicted molar refractivity (Wildman–Crippen MR) is 71.0 cm³/mol. The number of aliphatic hydroxyl groups excluding tert-OH is 1. The zero-order chi connectivity index (χ0) is 15.1. The van der Waals surface area contributed by atoms with Crippen molar-refractivity contribution >= 4 is 12.1 Å². The standard InChI is InChI=1S/C14H23NO5/c1-5-19-11(17)9-6-14(8-16)7-10(14)15(9)12(18)20-13(2,3)4/h9-10,16H,5-8H2,1-4H3/t9-,10-,14-/m0/s1. The van der Waals surface area contributed by atoms with Gasteiger partial charge in [-0.15, -0.1) is 0 Å². The van der Waals surface area contributed by atoms with E-state index < -0.39 is 23.7 Å². The lowest BCUT2D eigenvalue weighted by Crippen LogP contribution is -2.46. The van der Waals surface area contributed by atoms with Gasteiger partial charge in [0.05, 0.1) is 13.2 Å². The van der Waals surface area contributed by atoms with Gasteiger partial charge in [0.2, 0.25) is 0 Å². The van der Waals surface area contributed by atoms with E-state index in [4.69, 9.17) is 9.47 Å². The number of esters is 1. The van der Waals surface area contributed by atoms with E-state index in [1.165, 1.54) is 4.90 Å². The lowest BCUT2D eigenvalue weighted by atomic mass is 10.0. The van der Waals surface area contributed by atoms with Gasteiger partial charge in [0, 0.05) is 11.5 Å². The number of hydrogen-bond acceptors (Lipinski definition) is 5. The number of carbonyl (C=O) groups is 2. The fourth-order valence-corrected chi connectivity index (χ4v) is 2.88. The molecule has 0 bridgehead atoms. The maximum Gasteiger partial charge on any atom is 0.411 e. The van der Waals surface area contributed by atoms with Crippen LogP contribution >= 0.6 is 0 Å². The van der Waals surface area contributed by atoms with Gasteiger partial charge in [-0.25, -0.2) is 9.59 Å². The number of ether oxygens (including phenoxy) is 2. The van der Waals surface area contributed by atoms with Crippen LogP contribution in [-0.4, -0.2) is 53.0 Å². The fraction of sp³-hybridized carbons (Fsp3) is 0.857. The average Bonchev–Trinajstić information content (AvgIpc) is 2.93. The topological polar surface area (TPSA) is 76.1 Å². The van der Waals surface area contributed by atoms with Crippen LogP contribution in [0, 0.1) is 5.41 Å². The van der Waals surface area contributed by atoms with Crippen molar-refractivity contribution in [1.82, 2.24) is 4.90 Å². The molecular formula is C14H23NO5. The third-order valence-corrected chi connectivity index (χ3v) is 3.90. The Morgan fingerprint density at radius 3 is 2.50 bits per heavy atom. The molecular weight excluding hydrogens is 262 g/mol. The van der Waals surface area contributed by atoms with Crippen LogP contribution in [0.5, 0.6) is 0 Å². The molecule has 1 amide bonds. The highest BCUT2D eigenvalue weighted by molar-refractivity contribution is 5.83. The number of carbonyl (C=O) groups excluding carboxylic acids is 2. The number of rotatable bonds is 3. The number of amides is 1. The van der Waals surface area contributed by atoms with E-state index in [1.807, 2.05) is 0 Å². The third kappa shape index (κ3) is 2.61. The van der Waals surface area contributed by atoms with Crippen molar-refractivity contribution in [2.75, 3.05) is 13.2 Å². The molecule has 2 rings (SSSR count). The Hall–Kier alpha value is -1.30. The summed E-state index contributed by atoms with van der Waals surface area (Å²) >= 11 is 0. The molecule has 20 heavy (non-hydrogen) atoms. The van der Waals surface area contributed by atoms with Crippen molar-refractivity contribution in [2.24, 2.45) is 5.41 Å². The highest BCUT2D eigenvalue weighted by atomic mass is 16.6. The zero-order valence-electron chi connectivity index (χ0n) is 12.5. The van der Waals surface area contributed by atoms with Crippen LogP contribution in [0.1, 0.15) is 40.5 Å². The molecule has 6 nitrogen and oxygen atoms in total. The van der Waals surface area contributed by atoms with Gasteiger partial charge in [-0.3, -0.25) is 4.90 Å². The van der Waals surface area contributed by atoms with E-state index in [9.17, 15) is 14.7 Å². The number of likely N-dealkylation sites (tertiary alicyclic amines) is 1. The van der Waals surface area contributed by atoms with Gasteiger partial charge in [-0.1, -0.05) is 0 Å². The van der Waals surface area contributed by atoms with Crippen LogP contribution in [0.4, 0.5) is 4.79 Å². The predicted octanol–water partition coefficient (Wildman–Crippen LogP) is 1.31. The van der Waals surface area contributed by atoms with Crippen LogP contribution in [-0.2, 0) is 14.3 Å². The van der Waals surface area contributed by atoms with E-state index in [0.29, 0.717) is 6.42 Å². The molecule has 2 fully saturated rings. The van der Waals surface area contributed by atoms with E-state index in [-0.39, 0.29) is 24.7 Å². The molecule has 0 aromatic carbocycles. The summed E-state index contributed by atoms with van der Waals surface area (Å²) in [6.45, 7) is 7.33. The Labute approximate surface area is 119 Å². The number of piperidine rings is 1. The highest BCUT2D eigenvalue weighted by Crippen LogP contribution is 2.59. The summed E-state index contributed by atoms with van der Waals surface area (Å²) in [7, 11) is 0. The van der Waals surface area contributed by atoms with Crippen LogP contribution < -0.4 is 0 Å². The Bertz CT molecular complexity index is 416. The summed E-state index contributed by atoms with van der Waals surface area (Å²) < 4.78 is 10.4. The highest BCUT2D eigenvalue weighted by Gasteiger charge is 2.68. The van der Waals surface area contributed by atoms with Crippen molar-refractivity contribution in [2.45, 2.75) is 58.2 Å². The first-order valence-electron chi connectivity index (χ1n) is 7.03.